The highest BCUT2D eigenvalue weighted by Gasteiger charge is 2.17. The molecule has 19 heavy (non-hydrogen) atoms. The molecule has 2 rings (SSSR count). The second kappa shape index (κ2) is 5.65. The van der Waals surface area contributed by atoms with Crippen molar-refractivity contribution >= 4 is 5.97 Å². The summed E-state index contributed by atoms with van der Waals surface area (Å²) < 4.78 is 14.5. The largest absolute Gasteiger partial charge is 0.478 e. The third-order valence-corrected chi connectivity index (χ3v) is 2.94. The molecule has 0 saturated carbocycles. The van der Waals surface area contributed by atoms with Crippen molar-refractivity contribution in [2.24, 2.45) is 0 Å². The van der Waals surface area contributed by atoms with Gasteiger partial charge in [0, 0.05) is 0 Å². The van der Waals surface area contributed by atoms with Crippen molar-refractivity contribution in [3.8, 4) is 5.69 Å². The number of hydrogen-bond donors (Lipinski definition) is 1. The highest BCUT2D eigenvalue weighted by atomic mass is 19.1. The summed E-state index contributed by atoms with van der Waals surface area (Å²) in [5.41, 5.74) is 1.53. The van der Waals surface area contributed by atoms with Crippen LogP contribution in [0.2, 0.25) is 0 Å². The van der Waals surface area contributed by atoms with Crippen molar-refractivity contribution in [3.63, 3.8) is 0 Å². The van der Waals surface area contributed by atoms with E-state index in [2.05, 4.69) is 5.10 Å². The van der Waals surface area contributed by atoms with Gasteiger partial charge in [0.2, 0.25) is 0 Å². The molecule has 0 unspecified atom stereocenters. The Morgan fingerprint density at radius 3 is 2.63 bits per heavy atom. The Balaban J connectivity index is 2.44. The number of aromatic nitrogens is 2. The Kier molecular flexibility index (Phi) is 3.94. The van der Waals surface area contributed by atoms with Crippen molar-refractivity contribution < 1.29 is 14.3 Å². The number of unbranched alkanes of at least 4 members (excludes halogenated alkanes) is 1. The van der Waals surface area contributed by atoms with E-state index in [1.165, 1.54) is 18.3 Å². The highest BCUT2D eigenvalue weighted by Crippen LogP contribution is 2.18. The van der Waals surface area contributed by atoms with E-state index in [9.17, 15) is 9.18 Å². The number of carboxylic acids is 1. The first-order valence-corrected chi connectivity index (χ1v) is 6.19. The van der Waals surface area contributed by atoms with Crippen LogP contribution in [0.5, 0.6) is 0 Å². The van der Waals surface area contributed by atoms with Gasteiger partial charge in [0.1, 0.15) is 11.4 Å². The van der Waals surface area contributed by atoms with Crippen LogP contribution in [0, 0.1) is 5.82 Å². The second-order valence-electron chi connectivity index (χ2n) is 4.30. The van der Waals surface area contributed by atoms with Gasteiger partial charge in [-0.3, -0.25) is 0 Å². The van der Waals surface area contributed by atoms with Gasteiger partial charge in [-0.25, -0.2) is 13.9 Å². The summed E-state index contributed by atoms with van der Waals surface area (Å²) in [5.74, 6) is -1.32. The molecular weight excluding hydrogens is 247 g/mol. The third kappa shape index (κ3) is 2.81. The normalized spacial score (nSPS) is 10.6. The minimum absolute atomic E-state index is 0.206. The van der Waals surface area contributed by atoms with Crippen LogP contribution in [0.25, 0.3) is 5.69 Å². The van der Waals surface area contributed by atoms with Gasteiger partial charge in [-0.2, -0.15) is 5.10 Å². The number of halogens is 1. The molecule has 0 atom stereocenters. The number of aromatic carboxylic acids is 1. The number of nitrogens with zero attached hydrogens (tertiary/aromatic N) is 2. The van der Waals surface area contributed by atoms with Crippen LogP contribution in [0.15, 0.2) is 30.5 Å². The molecule has 0 aliphatic rings. The van der Waals surface area contributed by atoms with Crippen molar-refractivity contribution in [3.05, 3.63) is 47.5 Å². The lowest BCUT2D eigenvalue weighted by atomic mass is 10.1. The molecule has 0 bridgehead atoms. The fraction of sp³-hybridized carbons (Fsp3) is 0.286. The number of carboxylic acid groups (broad SMARTS) is 1. The summed E-state index contributed by atoms with van der Waals surface area (Å²) in [6.45, 7) is 2.04. The number of carbonyl (C=O) groups is 1. The Morgan fingerprint density at radius 2 is 2.05 bits per heavy atom. The van der Waals surface area contributed by atoms with E-state index in [0.717, 1.165) is 12.8 Å². The van der Waals surface area contributed by atoms with E-state index in [1.807, 2.05) is 6.92 Å². The summed E-state index contributed by atoms with van der Waals surface area (Å²) in [4.78, 5) is 11.2. The van der Waals surface area contributed by atoms with Crippen LogP contribution in [-0.2, 0) is 6.42 Å². The summed E-state index contributed by atoms with van der Waals surface area (Å²) >= 11 is 0. The first-order valence-electron chi connectivity index (χ1n) is 6.19. The molecule has 1 N–H and O–H groups in total. The van der Waals surface area contributed by atoms with Crippen LogP contribution in [-0.4, -0.2) is 20.9 Å². The number of rotatable bonds is 5. The summed E-state index contributed by atoms with van der Waals surface area (Å²) in [7, 11) is 0. The molecule has 100 valence electrons. The predicted octanol–water partition coefficient (Wildman–Crippen LogP) is 3.05. The highest BCUT2D eigenvalue weighted by molar-refractivity contribution is 5.88. The maximum atomic E-state index is 12.9. The molecule has 0 fully saturated rings. The Bertz CT molecular complexity index is 576. The van der Waals surface area contributed by atoms with E-state index in [-0.39, 0.29) is 11.4 Å². The lowest BCUT2D eigenvalue weighted by molar-refractivity contribution is 0.0695. The molecular formula is C14H15FN2O2. The SMILES string of the molecule is CCCCc1c(C(=O)O)cnn1-c1ccc(F)cc1. The van der Waals surface area contributed by atoms with Gasteiger partial charge in [-0.15, -0.1) is 0 Å². The zero-order valence-corrected chi connectivity index (χ0v) is 10.6. The molecule has 0 spiro atoms. The smallest absolute Gasteiger partial charge is 0.339 e. The second-order valence-corrected chi connectivity index (χ2v) is 4.30. The van der Waals surface area contributed by atoms with Gasteiger partial charge in [0.25, 0.3) is 0 Å². The molecule has 2 aromatic rings. The van der Waals surface area contributed by atoms with E-state index < -0.39 is 5.97 Å². The van der Waals surface area contributed by atoms with Crippen molar-refractivity contribution in [1.82, 2.24) is 9.78 Å². The molecule has 1 heterocycles. The standard InChI is InChI=1S/C14H15FN2O2/c1-2-3-4-13-12(14(18)19)9-16-17(13)11-7-5-10(15)6-8-11/h5-9H,2-4H2,1H3,(H,18,19). The van der Waals surface area contributed by atoms with Crippen LogP contribution in [0.1, 0.15) is 35.8 Å². The Hall–Kier alpha value is -2.17. The minimum Gasteiger partial charge on any atom is -0.478 e. The molecule has 5 heteroatoms. The average Bonchev–Trinajstić information content (AvgIpc) is 2.81. The van der Waals surface area contributed by atoms with E-state index in [0.29, 0.717) is 17.8 Å². The van der Waals surface area contributed by atoms with Crippen molar-refractivity contribution in [1.29, 1.82) is 0 Å². The minimum atomic E-state index is -0.987. The lowest BCUT2D eigenvalue weighted by Crippen LogP contribution is -2.06. The average molecular weight is 262 g/mol. The zero-order chi connectivity index (χ0) is 13.8. The van der Waals surface area contributed by atoms with Crippen LogP contribution in [0.4, 0.5) is 4.39 Å². The number of hydrogen-bond acceptors (Lipinski definition) is 2. The zero-order valence-electron chi connectivity index (χ0n) is 10.6. The van der Waals surface area contributed by atoms with Gasteiger partial charge in [0.15, 0.2) is 0 Å². The predicted molar refractivity (Wildman–Crippen MR) is 69.1 cm³/mol. The molecule has 0 aliphatic carbocycles. The molecule has 0 aliphatic heterocycles. The fourth-order valence-electron chi connectivity index (χ4n) is 1.94. The van der Waals surface area contributed by atoms with Gasteiger partial charge in [0.05, 0.1) is 17.6 Å². The molecule has 0 radical (unpaired) electrons. The summed E-state index contributed by atoms with van der Waals surface area (Å²) in [6, 6.07) is 5.84. The monoisotopic (exact) mass is 262 g/mol. The maximum Gasteiger partial charge on any atom is 0.339 e. The van der Waals surface area contributed by atoms with Crippen LogP contribution >= 0.6 is 0 Å². The third-order valence-electron chi connectivity index (χ3n) is 2.94. The summed E-state index contributed by atoms with van der Waals surface area (Å²) in [5, 5.41) is 13.3. The maximum absolute atomic E-state index is 12.9. The van der Waals surface area contributed by atoms with Gasteiger partial charge >= 0.3 is 5.97 Å². The fourth-order valence-corrected chi connectivity index (χ4v) is 1.94. The molecule has 1 aromatic heterocycles. The van der Waals surface area contributed by atoms with Crippen LogP contribution < -0.4 is 0 Å². The quantitative estimate of drug-likeness (QED) is 0.901. The first-order chi connectivity index (χ1) is 9.13. The Morgan fingerprint density at radius 1 is 1.37 bits per heavy atom. The van der Waals surface area contributed by atoms with Crippen molar-refractivity contribution in [2.75, 3.05) is 0 Å². The lowest BCUT2D eigenvalue weighted by Gasteiger charge is -2.08. The molecule has 1 aromatic carbocycles. The summed E-state index contributed by atoms with van der Waals surface area (Å²) in [6.07, 6.45) is 3.83. The van der Waals surface area contributed by atoms with E-state index in [1.54, 1.807) is 16.8 Å². The van der Waals surface area contributed by atoms with Gasteiger partial charge in [-0.1, -0.05) is 13.3 Å². The first kappa shape index (κ1) is 13.3. The number of benzene rings is 1. The van der Waals surface area contributed by atoms with E-state index >= 15 is 0 Å². The van der Waals surface area contributed by atoms with E-state index in [4.69, 9.17) is 5.11 Å². The van der Waals surface area contributed by atoms with Crippen molar-refractivity contribution in [2.45, 2.75) is 26.2 Å². The Labute approximate surface area is 110 Å². The van der Waals surface area contributed by atoms with Crippen LogP contribution in [0.3, 0.4) is 0 Å². The van der Waals surface area contributed by atoms with Gasteiger partial charge < -0.3 is 5.11 Å². The molecule has 0 amide bonds. The van der Waals surface area contributed by atoms with Gasteiger partial charge in [-0.05, 0) is 37.1 Å². The topological polar surface area (TPSA) is 55.1 Å². The molecule has 0 saturated heterocycles. The molecule has 4 nitrogen and oxygen atoms in total.